The molecule has 2 unspecified atom stereocenters. The van der Waals surface area contributed by atoms with Crippen molar-refractivity contribution < 1.29 is 18.3 Å². The van der Waals surface area contributed by atoms with Crippen LogP contribution in [0.2, 0.25) is 0 Å². The normalized spacial score (nSPS) is 27.7. The van der Waals surface area contributed by atoms with Gasteiger partial charge in [0.15, 0.2) is 0 Å². The predicted octanol–water partition coefficient (Wildman–Crippen LogP) is -0.146. The summed E-state index contributed by atoms with van der Waals surface area (Å²) < 4.78 is 28.2. The number of nitrogens with one attached hydrogen (secondary N) is 1. The van der Waals surface area contributed by atoms with Crippen molar-refractivity contribution >= 4 is 16.2 Å². The van der Waals surface area contributed by atoms with Crippen LogP contribution >= 0.6 is 0 Å². The molecule has 0 radical (unpaired) electrons. The van der Waals surface area contributed by atoms with Crippen LogP contribution in [0.4, 0.5) is 0 Å². The summed E-state index contributed by atoms with van der Waals surface area (Å²) in [5.41, 5.74) is 0. The van der Waals surface area contributed by atoms with E-state index < -0.39 is 16.2 Å². The van der Waals surface area contributed by atoms with Crippen LogP contribution in [0.1, 0.15) is 32.1 Å². The number of nitrogens with zero attached hydrogens (tertiary/aromatic N) is 2. The van der Waals surface area contributed by atoms with E-state index in [-0.39, 0.29) is 19.0 Å². The topological polar surface area (TPSA) is 90.0 Å². The Hall–Kier alpha value is -0.700. The van der Waals surface area contributed by atoms with Crippen molar-refractivity contribution in [2.24, 2.45) is 0 Å². The molecular formula is C12H23N3O4S. The molecule has 2 aliphatic heterocycles. The van der Waals surface area contributed by atoms with Crippen LogP contribution in [0.15, 0.2) is 0 Å². The van der Waals surface area contributed by atoms with Crippen LogP contribution in [-0.2, 0) is 15.0 Å². The monoisotopic (exact) mass is 305 g/mol. The molecule has 2 rings (SSSR count). The number of carboxylic acid groups (broad SMARTS) is 1. The number of hydrogen-bond donors (Lipinski definition) is 2. The maximum Gasteiger partial charge on any atom is 0.304 e. The number of piperidine rings is 1. The Bertz CT molecular complexity index is 454. The Morgan fingerprint density at radius 3 is 2.80 bits per heavy atom. The van der Waals surface area contributed by atoms with Crippen LogP contribution in [0.5, 0.6) is 0 Å². The zero-order chi connectivity index (χ0) is 14.8. The van der Waals surface area contributed by atoms with Crippen molar-refractivity contribution in [3.8, 4) is 0 Å². The number of rotatable bonds is 6. The first-order chi connectivity index (χ1) is 9.40. The standard InChI is InChI=1S/C12H23N3O4S/c1-14(8-6-12(16)17)20(18,19)13-10-5-9-15-7-3-2-4-11(10)15/h10-11,13H,2-9H2,1H3,(H,16,17). The van der Waals surface area contributed by atoms with Crippen molar-refractivity contribution in [3.05, 3.63) is 0 Å². The molecule has 0 aliphatic carbocycles. The summed E-state index contributed by atoms with van der Waals surface area (Å²) in [6.45, 7) is 1.99. The molecule has 0 aromatic heterocycles. The average Bonchev–Trinajstić information content (AvgIpc) is 2.79. The highest BCUT2D eigenvalue weighted by Crippen LogP contribution is 2.27. The van der Waals surface area contributed by atoms with Crippen molar-refractivity contribution in [2.45, 2.75) is 44.2 Å². The van der Waals surface area contributed by atoms with Gasteiger partial charge < -0.3 is 5.11 Å². The van der Waals surface area contributed by atoms with E-state index in [9.17, 15) is 13.2 Å². The molecule has 116 valence electrons. The van der Waals surface area contributed by atoms with E-state index >= 15 is 0 Å². The van der Waals surface area contributed by atoms with E-state index in [0.29, 0.717) is 6.04 Å². The minimum Gasteiger partial charge on any atom is -0.481 e. The van der Waals surface area contributed by atoms with Gasteiger partial charge in [0.1, 0.15) is 0 Å². The molecule has 2 fully saturated rings. The third-order valence-electron chi connectivity index (χ3n) is 4.21. The van der Waals surface area contributed by atoms with Gasteiger partial charge >= 0.3 is 5.97 Å². The number of fused-ring (bicyclic) bond motifs is 1. The fourth-order valence-corrected chi connectivity index (χ4v) is 4.21. The van der Waals surface area contributed by atoms with Gasteiger partial charge in [0.25, 0.3) is 10.2 Å². The third kappa shape index (κ3) is 3.69. The highest BCUT2D eigenvalue weighted by molar-refractivity contribution is 7.87. The lowest BCUT2D eigenvalue weighted by Crippen LogP contribution is -2.50. The minimum absolute atomic E-state index is 0.00817. The number of aliphatic carboxylic acids is 1. The van der Waals surface area contributed by atoms with E-state index in [0.717, 1.165) is 36.7 Å². The Morgan fingerprint density at radius 2 is 2.10 bits per heavy atom. The maximum absolute atomic E-state index is 12.2. The second-order valence-electron chi connectivity index (χ2n) is 5.58. The SMILES string of the molecule is CN(CCC(=O)O)S(=O)(=O)NC1CCN2CCCCC12. The quantitative estimate of drug-likeness (QED) is 0.712. The van der Waals surface area contributed by atoms with Crippen LogP contribution < -0.4 is 4.72 Å². The molecule has 2 heterocycles. The third-order valence-corrected chi connectivity index (χ3v) is 5.81. The highest BCUT2D eigenvalue weighted by Gasteiger charge is 2.38. The van der Waals surface area contributed by atoms with Gasteiger partial charge in [0.2, 0.25) is 0 Å². The van der Waals surface area contributed by atoms with Crippen LogP contribution in [0.25, 0.3) is 0 Å². The Kier molecular flexibility index (Phi) is 5.00. The summed E-state index contributed by atoms with van der Waals surface area (Å²) in [7, 11) is -2.18. The lowest BCUT2D eigenvalue weighted by Gasteiger charge is -2.33. The van der Waals surface area contributed by atoms with Gasteiger partial charge in [-0.2, -0.15) is 17.4 Å². The molecule has 7 nitrogen and oxygen atoms in total. The lowest BCUT2D eigenvalue weighted by molar-refractivity contribution is -0.137. The number of hydrogen-bond acceptors (Lipinski definition) is 4. The zero-order valence-electron chi connectivity index (χ0n) is 11.8. The van der Waals surface area contributed by atoms with Gasteiger partial charge in [0, 0.05) is 32.2 Å². The summed E-state index contributed by atoms with van der Waals surface area (Å²) in [5, 5.41) is 8.62. The van der Waals surface area contributed by atoms with Gasteiger partial charge in [-0.05, 0) is 25.8 Å². The zero-order valence-corrected chi connectivity index (χ0v) is 12.6. The molecule has 0 aromatic rings. The van der Waals surface area contributed by atoms with E-state index in [1.807, 2.05) is 0 Å². The molecule has 0 amide bonds. The Balaban J connectivity index is 1.92. The molecule has 20 heavy (non-hydrogen) atoms. The van der Waals surface area contributed by atoms with Crippen molar-refractivity contribution in [1.29, 1.82) is 0 Å². The minimum atomic E-state index is -3.60. The molecule has 2 N–H and O–H groups in total. The first kappa shape index (κ1) is 15.7. The predicted molar refractivity (Wildman–Crippen MR) is 74.6 cm³/mol. The fraction of sp³-hybridized carbons (Fsp3) is 0.917. The Labute approximate surface area is 120 Å². The largest absolute Gasteiger partial charge is 0.481 e. The maximum atomic E-state index is 12.2. The first-order valence-electron chi connectivity index (χ1n) is 7.09. The van der Waals surface area contributed by atoms with Crippen molar-refractivity contribution in [2.75, 3.05) is 26.7 Å². The molecule has 0 aromatic carbocycles. The molecule has 2 atom stereocenters. The summed E-state index contributed by atoms with van der Waals surface area (Å²) in [5.74, 6) is -0.994. The van der Waals surface area contributed by atoms with E-state index in [2.05, 4.69) is 9.62 Å². The van der Waals surface area contributed by atoms with Crippen molar-refractivity contribution in [3.63, 3.8) is 0 Å². The fourth-order valence-electron chi connectivity index (χ4n) is 3.04. The lowest BCUT2D eigenvalue weighted by atomic mass is 10.00. The molecule has 0 bridgehead atoms. The second-order valence-corrected chi connectivity index (χ2v) is 7.39. The first-order valence-corrected chi connectivity index (χ1v) is 8.53. The summed E-state index contributed by atoms with van der Waals surface area (Å²) >= 11 is 0. The van der Waals surface area contributed by atoms with Crippen LogP contribution in [0, 0.1) is 0 Å². The van der Waals surface area contributed by atoms with Crippen LogP contribution in [0.3, 0.4) is 0 Å². The van der Waals surface area contributed by atoms with Gasteiger partial charge in [-0.25, -0.2) is 0 Å². The molecule has 8 heteroatoms. The summed E-state index contributed by atoms with van der Waals surface area (Å²) in [6, 6.07) is 0.249. The molecule has 2 aliphatic rings. The smallest absolute Gasteiger partial charge is 0.304 e. The van der Waals surface area contributed by atoms with Gasteiger partial charge in [-0.15, -0.1) is 0 Å². The summed E-state index contributed by atoms with van der Waals surface area (Å²) in [4.78, 5) is 12.9. The highest BCUT2D eigenvalue weighted by atomic mass is 32.2. The van der Waals surface area contributed by atoms with E-state index in [1.54, 1.807) is 0 Å². The van der Waals surface area contributed by atoms with Crippen LogP contribution in [-0.4, -0.2) is 67.5 Å². The number of carboxylic acids is 1. The number of carbonyl (C=O) groups is 1. The van der Waals surface area contributed by atoms with Gasteiger partial charge in [0.05, 0.1) is 6.42 Å². The summed E-state index contributed by atoms with van der Waals surface area (Å²) in [6.07, 6.45) is 4.02. The molecule has 2 saturated heterocycles. The van der Waals surface area contributed by atoms with Gasteiger partial charge in [-0.1, -0.05) is 6.42 Å². The molecular weight excluding hydrogens is 282 g/mol. The van der Waals surface area contributed by atoms with Gasteiger partial charge in [-0.3, -0.25) is 9.69 Å². The Morgan fingerprint density at radius 1 is 1.35 bits per heavy atom. The second kappa shape index (κ2) is 6.38. The molecule has 0 saturated carbocycles. The van der Waals surface area contributed by atoms with E-state index in [4.69, 9.17) is 5.11 Å². The molecule has 0 spiro atoms. The van der Waals surface area contributed by atoms with E-state index in [1.165, 1.54) is 13.5 Å². The average molecular weight is 305 g/mol. The van der Waals surface area contributed by atoms with Crippen molar-refractivity contribution in [1.82, 2.24) is 13.9 Å².